The van der Waals surface area contributed by atoms with Crippen molar-refractivity contribution in [3.05, 3.63) is 42.2 Å². The second-order valence-corrected chi connectivity index (χ2v) is 6.82. The van der Waals surface area contributed by atoms with Gasteiger partial charge >= 0.3 is 0 Å². The molecule has 28 heavy (non-hydrogen) atoms. The third kappa shape index (κ3) is 6.17. The minimum absolute atomic E-state index is 0.110. The molecule has 3 rings (SSSR count). The summed E-state index contributed by atoms with van der Waals surface area (Å²) in [5.41, 5.74) is 1.09. The summed E-state index contributed by atoms with van der Waals surface area (Å²) in [5.74, 6) is 1.03. The zero-order valence-electron chi connectivity index (χ0n) is 16.4. The predicted octanol–water partition coefficient (Wildman–Crippen LogP) is 2.26. The summed E-state index contributed by atoms with van der Waals surface area (Å²) in [6, 6.07) is 7.26. The molecule has 1 aromatic carbocycles. The Morgan fingerprint density at radius 1 is 1.18 bits per heavy atom. The smallest absolute Gasteiger partial charge is 0.258 e. The standard InChI is InChI=1S/C20H27N5O3/c1-15(2)28-18-5-3-17(4-6-18)24-19(26)16-13-22-20(23-14-16)21-7-8-25-9-11-27-12-10-25/h3-6,13-15H,7-12H2,1-2H3,(H,24,26)(H,21,22,23). The summed E-state index contributed by atoms with van der Waals surface area (Å²) in [6.07, 6.45) is 3.16. The van der Waals surface area contributed by atoms with Gasteiger partial charge in [0.15, 0.2) is 0 Å². The van der Waals surface area contributed by atoms with E-state index in [2.05, 4.69) is 25.5 Å². The maximum absolute atomic E-state index is 12.3. The van der Waals surface area contributed by atoms with Gasteiger partial charge in [0.05, 0.1) is 24.9 Å². The zero-order chi connectivity index (χ0) is 19.8. The minimum atomic E-state index is -0.252. The Morgan fingerprint density at radius 2 is 1.86 bits per heavy atom. The van der Waals surface area contributed by atoms with E-state index in [0.29, 0.717) is 17.2 Å². The van der Waals surface area contributed by atoms with Crippen molar-refractivity contribution in [3.8, 4) is 5.75 Å². The summed E-state index contributed by atoms with van der Waals surface area (Å²) in [5, 5.41) is 6.01. The largest absolute Gasteiger partial charge is 0.491 e. The van der Waals surface area contributed by atoms with Gasteiger partial charge in [-0.3, -0.25) is 9.69 Å². The van der Waals surface area contributed by atoms with Gasteiger partial charge in [-0.1, -0.05) is 0 Å². The van der Waals surface area contributed by atoms with Crippen LogP contribution in [-0.2, 0) is 4.74 Å². The Labute approximate surface area is 165 Å². The zero-order valence-corrected chi connectivity index (χ0v) is 16.4. The molecule has 2 heterocycles. The number of benzene rings is 1. The van der Waals surface area contributed by atoms with Crippen LogP contribution in [0.5, 0.6) is 5.75 Å². The number of hydrogen-bond donors (Lipinski definition) is 2. The maximum Gasteiger partial charge on any atom is 0.258 e. The first-order chi connectivity index (χ1) is 13.6. The number of rotatable bonds is 8. The molecule has 0 atom stereocenters. The lowest BCUT2D eigenvalue weighted by atomic mass is 10.2. The molecule has 1 aliphatic heterocycles. The third-order valence-corrected chi connectivity index (χ3v) is 4.21. The Bertz CT molecular complexity index is 743. The highest BCUT2D eigenvalue weighted by molar-refractivity contribution is 6.03. The highest BCUT2D eigenvalue weighted by Gasteiger charge is 2.11. The molecule has 1 aromatic heterocycles. The van der Waals surface area contributed by atoms with E-state index in [1.807, 2.05) is 26.0 Å². The fourth-order valence-electron chi connectivity index (χ4n) is 2.78. The van der Waals surface area contributed by atoms with Crippen LogP contribution in [0, 0.1) is 0 Å². The monoisotopic (exact) mass is 385 g/mol. The van der Waals surface area contributed by atoms with E-state index in [1.165, 1.54) is 12.4 Å². The maximum atomic E-state index is 12.3. The van der Waals surface area contributed by atoms with Gasteiger partial charge in [0.1, 0.15) is 5.75 Å². The number of nitrogens with zero attached hydrogens (tertiary/aromatic N) is 3. The first-order valence-electron chi connectivity index (χ1n) is 9.54. The second-order valence-electron chi connectivity index (χ2n) is 6.82. The van der Waals surface area contributed by atoms with E-state index in [0.717, 1.165) is 45.1 Å². The van der Waals surface area contributed by atoms with E-state index in [4.69, 9.17) is 9.47 Å². The van der Waals surface area contributed by atoms with E-state index >= 15 is 0 Å². The quantitative estimate of drug-likeness (QED) is 0.720. The Morgan fingerprint density at radius 3 is 2.50 bits per heavy atom. The van der Waals surface area contributed by atoms with Crippen molar-refractivity contribution in [2.75, 3.05) is 50.0 Å². The molecule has 1 aliphatic rings. The predicted molar refractivity (Wildman–Crippen MR) is 108 cm³/mol. The van der Waals surface area contributed by atoms with Crippen LogP contribution in [-0.4, -0.2) is 66.3 Å². The lowest BCUT2D eigenvalue weighted by molar-refractivity contribution is 0.0398. The van der Waals surface area contributed by atoms with Gasteiger partial charge in [-0.25, -0.2) is 9.97 Å². The van der Waals surface area contributed by atoms with Crippen molar-refractivity contribution in [1.29, 1.82) is 0 Å². The number of amides is 1. The van der Waals surface area contributed by atoms with Crippen LogP contribution in [0.3, 0.4) is 0 Å². The first kappa shape index (κ1) is 20.0. The minimum Gasteiger partial charge on any atom is -0.491 e. The first-order valence-corrected chi connectivity index (χ1v) is 9.54. The normalized spacial score (nSPS) is 14.7. The van der Waals surface area contributed by atoms with E-state index < -0.39 is 0 Å². The lowest BCUT2D eigenvalue weighted by Crippen LogP contribution is -2.39. The molecule has 1 amide bonds. The molecule has 0 bridgehead atoms. The molecule has 1 fully saturated rings. The molecule has 8 heteroatoms. The van der Waals surface area contributed by atoms with E-state index in [9.17, 15) is 4.79 Å². The SMILES string of the molecule is CC(C)Oc1ccc(NC(=O)c2cnc(NCCN3CCOCC3)nc2)cc1. The average molecular weight is 385 g/mol. The number of carbonyl (C=O) groups excluding carboxylic acids is 1. The lowest BCUT2D eigenvalue weighted by Gasteiger charge is -2.26. The molecule has 8 nitrogen and oxygen atoms in total. The number of ether oxygens (including phenoxy) is 2. The number of carbonyl (C=O) groups is 1. The summed E-state index contributed by atoms with van der Waals surface area (Å²) in [6.45, 7) is 9.06. The van der Waals surface area contributed by atoms with E-state index in [1.54, 1.807) is 12.1 Å². The highest BCUT2D eigenvalue weighted by Crippen LogP contribution is 2.17. The van der Waals surface area contributed by atoms with Crippen LogP contribution >= 0.6 is 0 Å². The van der Waals surface area contributed by atoms with E-state index in [-0.39, 0.29) is 12.0 Å². The number of morpholine rings is 1. The fourth-order valence-corrected chi connectivity index (χ4v) is 2.78. The van der Waals surface area contributed by atoms with Crippen LogP contribution in [0.15, 0.2) is 36.7 Å². The molecule has 0 radical (unpaired) electrons. The van der Waals surface area contributed by atoms with Crippen molar-refractivity contribution in [1.82, 2.24) is 14.9 Å². The molecule has 1 saturated heterocycles. The molecule has 150 valence electrons. The van der Waals surface area contributed by atoms with Gasteiger partial charge in [0.2, 0.25) is 5.95 Å². The summed E-state index contributed by atoms with van der Waals surface area (Å²) in [7, 11) is 0. The average Bonchev–Trinajstić information content (AvgIpc) is 2.70. The number of anilines is 2. The molecule has 2 N–H and O–H groups in total. The van der Waals surface area contributed by atoms with Crippen LogP contribution in [0.2, 0.25) is 0 Å². The third-order valence-electron chi connectivity index (χ3n) is 4.21. The molecular formula is C20H27N5O3. The summed E-state index contributed by atoms with van der Waals surface area (Å²) >= 11 is 0. The van der Waals surface area contributed by atoms with Gasteiger partial charge < -0.3 is 20.1 Å². The summed E-state index contributed by atoms with van der Waals surface area (Å²) < 4.78 is 10.9. The van der Waals surface area contributed by atoms with Crippen LogP contribution in [0.25, 0.3) is 0 Å². The van der Waals surface area contributed by atoms with Gasteiger partial charge in [0.25, 0.3) is 5.91 Å². The van der Waals surface area contributed by atoms with Crippen LogP contribution in [0.4, 0.5) is 11.6 Å². The van der Waals surface area contributed by atoms with Crippen LogP contribution in [0.1, 0.15) is 24.2 Å². The number of hydrogen-bond acceptors (Lipinski definition) is 7. The van der Waals surface area contributed by atoms with Gasteiger partial charge in [-0.15, -0.1) is 0 Å². The summed E-state index contributed by atoms with van der Waals surface area (Å²) in [4.78, 5) is 23.1. The molecular weight excluding hydrogens is 358 g/mol. The Hall–Kier alpha value is -2.71. The van der Waals surface area contributed by atoms with Crippen molar-refractivity contribution in [2.24, 2.45) is 0 Å². The van der Waals surface area contributed by atoms with Crippen molar-refractivity contribution in [3.63, 3.8) is 0 Å². The van der Waals surface area contributed by atoms with Crippen molar-refractivity contribution < 1.29 is 14.3 Å². The second kappa shape index (κ2) is 10.0. The highest BCUT2D eigenvalue weighted by atomic mass is 16.5. The molecule has 0 unspecified atom stereocenters. The molecule has 0 spiro atoms. The van der Waals surface area contributed by atoms with Crippen molar-refractivity contribution in [2.45, 2.75) is 20.0 Å². The van der Waals surface area contributed by atoms with Gasteiger partial charge in [-0.2, -0.15) is 0 Å². The Balaban J connectivity index is 1.46. The number of nitrogens with one attached hydrogen (secondary N) is 2. The Kier molecular flexibility index (Phi) is 7.16. The number of aromatic nitrogens is 2. The topological polar surface area (TPSA) is 88.6 Å². The fraction of sp³-hybridized carbons (Fsp3) is 0.450. The van der Waals surface area contributed by atoms with Crippen molar-refractivity contribution >= 4 is 17.5 Å². The van der Waals surface area contributed by atoms with Gasteiger partial charge in [0, 0.05) is 44.3 Å². The molecule has 2 aromatic rings. The van der Waals surface area contributed by atoms with Crippen LogP contribution < -0.4 is 15.4 Å². The molecule has 0 saturated carbocycles. The molecule has 0 aliphatic carbocycles. The van der Waals surface area contributed by atoms with Gasteiger partial charge in [-0.05, 0) is 38.1 Å².